The van der Waals surface area contributed by atoms with Gasteiger partial charge in [0.1, 0.15) is 5.76 Å². The summed E-state index contributed by atoms with van der Waals surface area (Å²) in [4.78, 5) is 15.8. The topological polar surface area (TPSA) is 43.1 Å². The molecule has 0 bridgehead atoms. The minimum atomic E-state index is 0.0513. The van der Waals surface area contributed by atoms with E-state index in [2.05, 4.69) is 4.98 Å². The molecule has 0 saturated carbocycles. The van der Waals surface area contributed by atoms with Crippen LogP contribution in [0.1, 0.15) is 21.8 Å². The Labute approximate surface area is 87.8 Å². The van der Waals surface area contributed by atoms with Crippen molar-refractivity contribution >= 4 is 5.78 Å². The first-order chi connectivity index (χ1) is 7.25. The molecule has 3 nitrogen and oxygen atoms in total. The van der Waals surface area contributed by atoms with Gasteiger partial charge in [-0.05, 0) is 31.2 Å². The average Bonchev–Trinajstić information content (AvgIpc) is 2.70. The fraction of sp³-hybridized carbons (Fsp3) is 0.167. The van der Waals surface area contributed by atoms with Gasteiger partial charge in [-0.25, -0.2) is 0 Å². The number of Topliss-reactive ketones (excluding diaryl/α,β-unsaturated/α-hetero) is 1. The molecule has 0 N–H and O–H groups in total. The Hall–Kier alpha value is -1.90. The van der Waals surface area contributed by atoms with Crippen molar-refractivity contribution in [2.45, 2.75) is 13.3 Å². The smallest absolute Gasteiger partial charge is 0.170 e. The third kappa shape index (κ3) is 2.31. The highest BCUT2D eigenvalue weighted by Gasteiger charge is 2.08. The highest BCUT2D eigenvalue weighted by atomic mass is 16.3. The molecule has 0 aliphatic rings. The molecule has 0 aliphatic carbocycles. The van der Waals surface area contributed by atoms with Gasteiger partial charge in [0.05, 0.1) is 12.7 Å². The van der Waals surface area contributed by atoms with Crippen LogP contribution in [-0.4, -0.2) is 10.8 Å². The van der Waals surface area contributed by atoms with Crippen molar-refractivity contribution in [2.24, 2.45) is 0 Å². The van der Waals surface area contributed by atoms with E-state index in [1.165, 1.54) is 0 Å². The standard InChI is InChI=1S/C12H11NO2/c1-9-7-10(4-5-13-9)12(14)8-11-3-2-6-15-11/h2-7H,8H2,1H3. The number of hydrogen-bond donors (Lipinski definition) is 0. The summed E-state index contributed by atoms with van der Waals surface area (Å²) >= 11 is 0. The Balaban J connectivity index is 2.15. The van der Waals surface area contributed by atoms with Crippen LogP contribution in [0.2, 0.25) is 0 Å². The summed E-state index contributed by atoms with van der Waals surface area (Å²) in [6.45, 7) is 1.86. The van der Waals surface area contributed by atoms with E-state index in [9.17, 15) is 4.79 Å². The lowest BCUT2D eigenvalue weighted by Gasteiger charge is -1.99. The predicted octanol–water partition coefficient (Wildman–Crippen LogP) is 2.41. The quantitative estimate of drug-likeness (QED) is 0.716. The van der Waals surface area contributed by atoms with E-state index >= 15 is 0 Å². The Bertz CT molecular complexity index is 460. The minimum Gasteiger partial charge on any atom is -0.469 e. The second kappa shape index (κ2) is 4.09. The molecule has 76 valence electrons. The third-order valence-corrected chi connectivity index (χ3v) is 2.13. The van der Waals surface area contributed by atoms with Crippen LogP contribution in [0.4, 0.5) is 0 Å². The lowest BCUT2D eigenvalue weighted by Crippen LogP contribution is -2.03. The molecule has 2 rings (SSSR count). The monoisotopic (exact) mass is 201 g/mol. The minimum absolute atomic E-state index is 0.0513. The second-order valence-electron chi connectivity index (χ2n) is 3.37. The van der Waals surface area contributed by atoms with Gasteiger partial charge in [0.15, 0.2) is 5.78 Å². The number of carbonyl (C=O) groups excluding carboxylic acids is 1. The predicted molar refractivity (Wildman–Crippen MR) is 55.7 cm³/mol. The van der Waals surface area contributed by atoms with Crippen molar-refractivity contribution in [1.82, 2.24) is 4.98 Å². The first-order valence-corrected chi connectivity index (χ1v) is 4.74. The van der Waals surface area contributed by atoms with Gasteiger partial charge >= 0.3 is 0 Å². The van der Waals surface area contributed by atoms with Crippen LogP contribution in [0.5, 0.6) is 0 Å². The Kier molecular flexibility index (Phi) is 2.63. The van der Waals surface area contributed by atoms with E-state index in [1.54, 1.807) is 36.7 Å². The van der Waals surface area contributed by atoms with E-state index in [1.807, 2.05) is 6.92 Å². The number of pyridine rings is 1. The maximum absolute atomic E-state index is 11.8. The number of nitrogens with zero attached hydrogens (tertiary/aromatic N) is 1. The number of carbonyl (C=O) groups is 1. The van der Waals surface area contributed by atoms with Crippen molar-refractivity contribution in [3.63, 3.8) is 0 Å². The van der Waals surface area contributed by atoms with Crippen molar-refractivity contribution in [3.05, 3.63) is 53.7 Å². The molecule has 0 radical (unpaired) electrons. The molecular formula is C12H11NO2. The summed E-state index contributed by atoms with van der Waals surface area (Å²) in [7, 11) is 0. The second-order valence-corrected chi connectivity index (χ2v) is 3.37. The summed E-state index contributed by atoms with van der Waals surface area (Å²) in [5.41, 5.74) is 1.53. The molecule has 0 spiro atoms. The number of aryl methyl sites for hydroxylation is 1. The Morgan fingerprint density at radius 2 is 2.33 bits per heavy atom. The van der Waals surface area contributed by atoms with Gasteiger partial charge in [0.2, 0.25) is 0 Å². The Morgan fingerprint density at radius 1 is 1.47 bits per heavy atom. The van der Waals surface area contributed by atoms with Gasteiger partial charge in [0, 0.05) is 17.5 Å². The van der Waals surface area contributed by atoms with Gasteiger partial charge in [-0.3, -0.25) is 9.78 Å². The summed E-state index contributed by atoms with van der Waals surface area (Å²) < 4.78 is 5.12. The Morgan fingerprint density at radius 3 is 3.00 bits per heavy atom. The summed E-state index contributed by atoms with van der Waals surface area (Å²) in [6.07, 6.45) is 3.52. The van der Waals surface area contributed by atoms with Crippen molar-refractivity contribution in [3.8, 4) is 0 Å². The highest BCUT2D eigenvalue weighted by Crippen LogP contribution is 2.08. The van der Waals surface area contributed by atoms with E-state index in [0.717, 1.165) is 5.69 Å². The average molecular weight is 201 g/mol. The summed E-state index contributed by atoms with van der Waals surface area (Å²) in [6, 6.07) is 7.08. The first kappa shape index (κ1) is 9.65. The maximum Gasteiger partial charge on any atom is 0.170 e. The summed E-state index contributed by atoms with van der Waals surface area (Å²) in [5, 5.41) is 0. The molecule has 0 aromatic carbocycles. The van der Waals surface area contributed by atoms with Crippen molar-refractivity contribution in [2.75, 3.05) is 0 Å². The molecular weight excluding hydrogens is 190 g/mol. The van der Waals surface area contributed by atoms with E-state index in [-0.39, 0.29) is 5.78 Å². The molecule has 0 aliphatic heterocycles. The van der Waals surface area contributed by atoms with Gasteiger partial charge in [-0.2, -0.15) is 0 Å². The molecule has 0 saturated heterocycles. The number of rotatable bonds is 3. The van der Waals surface area contributed by atoms with E-state index in [0.29, 0.717) is 17.7 Å². The van der Waals surface area contributed by atoms with Crippen molar-refractivity contribution < 1.29 is 9.21 Å². The molecule has 15 heavy (non-hydrogen) atoms. The fourth-order valence-electron chi connectivity index (χ4n) is 1.39. The number of hydrogen-bond acceptors (Lipinski definition) is 3. The molecule has 2 aromatic heterocycles. The molecule has 2 aromatic rings. The molecule has 0 amide bonds. The normalized spacial score (nSPS) is 10.2. The number of ketones is 1. The van der Waals surface area contributed by atoms with Crippen LogP contribution in [-0.2, 0) is 6.42 Å². The zero-order chi connectivity index (χ0) is 10.7. The van der Waals surface area contributed by atoms with E-state index in [4.69, 9.17) is 4.42 Å². The number of furan rings is 1. The van der Waals surface area contributed by atoms with Gasteiger partial charge < -0.3 is 4.42 Å². The van der Waals surface area contributed by atoms with Gasteiger partial charge in [-0.15, -0.1) is 0 Å². The first-order valence-electron chi connectivity index (χ1n) is 4.74. The SMILES string of the molecule is Cc1cc(C(=O)Cc2ccco2)ccn1. The van der Waals surface area contributed by atoms with E-state index < -0.39 is 0 Å². The summed E-state index contributed by atoms with van der Waals surface area (Å²) in [5.74, 6) is 0.741. The zero-order valence-corrected chi connectivity index (χ0v) is 8.43. The van der Waals surface area contributed by atoms with Crippen LogP contribution in [0.25, 0.3) is 0 Å². The molecule has 2 heterocycles. The van der Waals surface area contributed by atoms with Crippen molar-refractivity contribution in [1.29, 1.82) is 0 Å². The van der Waals surface area contributed by atoms with Crippen LogP contribution >= 0.6 is 0 Å². The fourth-order valence-corrected chi connectivity index (χ4v) is 1.39. The highest BCUT2D eigenvalue weighted by molar-refractivity contribution is 5.97. The maximum atomic E-state index is 11.8. The molecule has 3 heteroatoms. The molecule has 0 atom stereocenters. The van der Waals surface area contributed by atoms with Crippen LogP contribution < -0.4 is 0 Å². The molecule has 0 unspecified atom stereocenters. The van der Waals surface area contributed by atoms with Crippen LogP contribution in [0.3, 0.4) is 0 Å². The van der Waals surface area contributed by atoms with Crippen LogP contribution in [0.15, 0.2) is 41.1 Å². The lowest BCUT2D eigenvalue weighted by molar-refractivity contribution is 0.0987. The number of aromatic nitrogens is 1. The van der Waals surface area contributed by atoms with Crippen LogP contribution in [0, 0.1) is 6.92 Å². The zero-order valence-electron chi connectivity index (χ0n) is 8.43. The van der Waals surface area contributed by atoms with Gasteiger partial charge in [0.25, 0.3) is 0 Å². The third-order valence-electron chi connectivity index (χ3n) is 2.13. The molecule has 0 fully saturated rings. The largest absolute Gasteiger partial charge is 0.469 e. The van der Waals surface area contributed by atoms with Gasteiger partial charge in [-0.1, -0.05) is 0 Å². The lowest BCUT2D eigenvalue weighted by atomic mass is 10.1.